The highest BCUT2D eigenvalue weighted by molar-refractivity contribution is 4.87. The number of hydrogen-bond acceptors (Lipinski definition) is 2. The van der Waals surface area contributed by atoms with Crippen LogP contribution in [-0.2, 0) is 0 Å². The van der Waals surface area contributed by atoms with Crippen molar-refractivity contribution in [3.8, 4) is 0 Å². The van der Waals surface area contributed by atoms with Gasteiger partial charge in [0.05, 0.1) is 0 Å². The molecule has 1 aliphatic heterocycles. The Kier molecular flexibility index (Phi) is 4.48. The summed E-state index contributed by atoms with van der Waals surface area (Å²) in [6, 6.07) is 0.848. The molecule has 0 aromatic rings. The fourth-order valence-corrected chi connectivity index (χ4v) is 2.94. The molecule has 2 aliphatic rings. The molecule has 17 heavy (non-hydrogen) atoms. The molecule has 2 rings (SSSR count). The van der Waals surface area contributed by atoms with E-state index in [0.717, 1.165) is 12.0 Å². The highest BCUT2D eigenvalue weighted by atomic mass is 15.1. The zero-order valence-corrected chi connectivity index (χ0v) is 12.0. The summed E-state index contributed by atoms with van der Waals surface area (Å²) in [5.74, 6) is 0.904. The highest BCUT2D eigenvalue weighted by Crippen LogP contribution is 2.27. The summed E-state index contributed by atoms with van der Waals surface area (Å²) in [6.07, 6.45) is 6.93. The van der Waals surface area contributed by atoms with Gasteiger partial charge >= 0.3 is 0 Å². The molecule has 1 saturated carbocycles. The average molecular weight is 238 g/mol. The zero-order chi connectivity index (χ0) is 12.3. The van der Waals surface area contributed by atoms with Crippen LogP contribution in [0.1, 0.15) is 52.9 Å². The molecule has 2 fully saturated rings. The largest absolute Gasteiger partial charge is 0.313 e. The molecule has 0 amide bonds. The maximum Gasteiger partial charge on any atom is 0.00684 e. The molecule has 2 atom stereocenters. The van der Waals surface area contributed by atoms with E-state index >= 15 is 0 Å². The molecule has 0 spiro atoms. The van der Waals surface area contributed by atoms with Gasteiger partial charge in [-0.25, -0.2) is 0 Å². The Morgan fingerprint density at radius 3 is 2.65 bits per heavy atom. The quantitative estimate of drug-likeness (QED) is 0.765. The summed E-state index contributed by atoms with van der Waals surface area (Å²) in [4.78, 5) is 2.70. The van der Waals surface area contributed by atoms with Crippen LogP contribution < -0.4 is 5.32 Å². The summed E-state index contributed by atoms with van der Waals surface area (Å²) in [5, 5.41) is 3.72. The first-order valence-corrected chi connectivity index (χ1v) is 7.57. The number of rotatable bonds is 6. The highest BCUT2D eigenvalue weighted by Gasteiger charge is 2.30. The zero-order valence-electron chi connectivity index (χ0n) is 12.0. The summed E-state index contributed by atoms with van der Waals surface area (Å²) < 4.78 is 0. The van der Waals surface area contributed by atoms with Gasteiger partial charge in [-0.05, 0) is 50.0 Å². The monoisotopic (exact) mass is 238 g/mol. The lowest BCUT2D eigenvalue weighted by Gasteiger charge is -2.39. The Morgan fingerprint density at radius 2 is 2.06 bits per heavy atom. The van der Waals surface area contributed by atoms with Gasteiger partial charge in [0.2, 0.25) is 0 Å². The molecule has 2 nitrogen and oxygen atoms in total. The smallest absolute Gasteiger partial charge is 0.00684 e. The third kappa shape index (κ3) is 4.26. The first-order valence-electron chi connectivity index (χ1n) is 7.57. The molecule has 2 unspecified atom stereocenters. The lowest BCUT2D eigenvalue weighted by atomic mass is 9.85. The number of likely N-dealkylation sites (tertiary alicyclic amines) is 1. The van der Waals surface area contributed by atoms with Gasteiger partial charge in [-0.15, -0.1) is 0 Å². The van der Waals surface area contributed by atoms with Gasteiger partial charge in [-0.1, -0.05) is 20.8 Å². The molecule has 1 saturated heterocycles. The Balaban J connectivity index is 1.79. The van der Waals surface area contributed by atoms with Crippen molar-refractivity contribution >= 4 is 0 Å². The van der Waals surface area contributed by atoms with E-state index in [1.54, 1.807) is 0 Å². The third-order valence-electron chi connectivity index (χ3n) is 4.59. The van der Waals surface area contributed by atoms with E-state index < -0.39 is 0 Å². The van der Waals surface area contributed by atoms with E-state index in [9.17, 15) is 0 Å². The fourth-order valence-electron chi connectivity index (χ4n) is 2.94. The fraction of sp³-hybridized carbons (Fsp3) is 1.00. The molecule has 1 heterocycles. The van der Waals surface area contributed by atoms with Crippen LogP contribution in [0.2, 0.25) is 0 Å². The molecule has 2 heteroatoms. The molecular formula is C15H30N2. The third-order valence-corrected chi connectivity index (χ3v) is 4.59. The SMILES string of the molecule is CCC(C)(CNC1CC1)CN1CCCC(C)C1. The van der Waals surface area contributed by atoms with Gasteiger partial charge in [0, 0.05) is 25.7 Å². The van der Waals surface area contributed by atoms with Crippen LogP contribution in [0.25, 0.3) is 0 Å². The van der Waals surface area contributed by atoms with Gasteiger partial charge in [0.25, 0.3) is 0 Å². The van der Waals surface area contributed by atoms with Crippen molar-refractivity contribution < 1.29 is 0 Å². The van der Waals surface area contributed by atoms with Gasteiger partial charge in [-0.2, -0.15) is 0 Å². The maximum absolute atomic E-state index is 3.72. The molecule has 0 aromatic carbocycles. The van der Waals surface area contributed by atoms with E-state index in [1.165, 1.54) is 58.3 Å². The Bertz CT molecular complexity index is 237. The predicted molar refractivity (Wildman–Crippen MR) is 74.3 cm³/mol. The minimum absolute atomic E-state index is 0.472. The minimum Gasteiger partial charge on any atom is -0.313 e. The molecule has 0 aromatic heterocycles. The Labute approximate surface area is 107 Å². The summed E-state index contributed by atoms with van der Waals surface area (Å²) in [5.41, 5.74) is 0.472. The van der Waals surface area contributed by atoms with Gasteiger partial charge in [-0.3, -0.25) is 0 Å². The van der Waals surface area contributed by atoms with Crippen molar-refractivity contribution in [1.82, 2.24) is 10.2 Å². The molecule has 1 aliphatic carbocycles. The van der Waals surface area contributed by atoms with Crippen molar-refractivity contribution in [3.63, 3.8) is 0 Å². The Hall–Kier alpha value is -0.0800. The minimum atomic E-state index is 0.472. The number of nitrogens with one attached hydrogen (secondary N) is 1. The van der Waals surface area contributed by atoms with E-state index in [4.69, 9.17) is 0 Å². The second-order valence-corrected chi connectivity index (χ2v) is 6.80. The lowest BCUT2D eigenvalue weighted by molar-refractivity contribution is 0.112. The topological polar surface area (TPSA) is 15.3 Å². The van der Waals surface area contributed by atoms with Crippen LogP contribution in [-0.4, -0.2) is 37.1 Å². The van der Waals surface area contributed by atoms with E-state index in [1.807, 2.05) is 0 Å². The average Bonchev–Trinajstić information content (AvgIpc) is 3.10. The molecule has 1 N–H and O–H groups in total. The lowest BCUT2D eigenvalue weighted by Crippen LogP contribution is -2.45. The van der Waals surface area contributed by atoms with Crippen LogP contribution in [0.3, 0.4) is 0 Å². The van der Waals surface area contributed by atoms with Crippen molar-refractivity contribution in [2.45, 2.75) is 58.9 Å². The summed E-state index contributed by atoms with van der Waals surface area (Å²) in [6.45, 7) is 12.3. The van der Waals surface area contributed by atoms with E-state index in [2.05, 4.69) is 31.0 Å². The van der Waals surface area contributed by atoms with Crippen molar-refractivity contribution in [2.75, 3.05) is 26.2 Å². The van der Waals surface area contributed by atoms with Crippen molar-refractivity contribution in [3.05, 3.63) is 0 Å². The first kappa shape index (κ1) is 13.4. The second kappa shape index (κ2) is 5.71. The number of hydrogen-bond donors (Lipinski definition) is 1. The van der Waals surface area contributed by atoms with Crippen molar-refractivity contribution in [1.29, 1.82) is 0 Å². The second-order valence-electron chi connectivity index (χ2n) is 6.80. The molecule has 0 bridgehead atoms. The summed E-state index contributed by atoms with van der Waals surface area (Å²) in [7, 11) is 0. The van der Waals surface area contributed by atoms with Gasteiger partial charge < -0.3 is 10.2 Å². The van der Waals surface area contributed by atoms with Crippen LogP contribution in [0, 0.1) is 11.3 Å². The standard InChI is InChI=1S/C15H30N2/c1-4-15(3,11-16-14-7-8-14)12-17-9-5-6-13(2)10-17/h13-14,16H,4-12H2,1-3H3. The molecule has 0 radical (unpaired) electrons. The molecule has 100 valence electrons. The van der Waals surface area contributed by atoms with Crippen LogP contribution >= 0.6 is 0 Å². The van der Waals surface area contributed by atoms with Gasteiger partial charge in [0.15, 0.2) is 0 Å². The van der Waals surface area contributed by atoms with E-state index in [-0.39, 0.29) is 0 Å². The van der Waals surface area contributed by atoms with Crippen LogP contribution in [0.4, 0.5) is 0 Å². The van der Waals surface area contributed by atoms with Crippen LogP contribution in [0.15, 0.2) is 0 Å². The molecular weight excluding hydrogens is 208 g/mol. The maximum atomic E-state index is 3.72. The predicted octanol–water partition coefficient (Wildman–Crippen LogP) is 2.89. The number of piperidine rings is 1. The number of nitrogens with zero attached hydrogens (tertiary/aromatic N) is 1. The van der Waals surface area contributed by atoms with Gasteiger partial charge in [0.1, 0.15) is 0 Å². The normalized spacial score (nSPS) is 30.2. The Morgan fingerprint density at radius 1 is 1.29 bits per heavy atom. The van der Waals surface area contributed by atoms with Crippen LogP contribution in [0.5, 0.6) is 0 Å². The van der Waals surface area contributed by atoms with E-state index in [0.29, 0.717) is 5.41 Å². The van der Waals surface area contributed by atoms with Crippen molar-refractivity contribution in [2.24, 2.45) is 11.3 Å². The first-order chi connectivity index (χ1) is 8.11. The summed E-state index contributed by atoms with van der Waals surface area (Å²) >= 11 is 0.